The number of halogens is 1. The minimum absolute atomic E-state index is 0.212. The smallest absolute Gasteiger partial charge is 0.125 e. The van der Waals surface area contributed by atoms with E-state index in [1.165, 1.54) is 0 Å². The van der Waals surface area contributed by atoms with Gasteiger partial charge in [-0.2, -0.15) is 0 Å². The van der Waals surface area contributed by atoms with Gasteiger partial charge in [0.2, 0.25) is 0 Å². The molecule has 0 atom stereocenters. The molecule has 0 saturated heterocycles. The third-order valence-corrected chi connectivity index (χ3v) is 2.77. The number of aromatic nitrogens is 1. The van der Waals surface area contributed by atoms with Crippen molar-refractivity contribution in [1.29, 1.82) is 0 Å². The maximum absolute atomic E-state index is 5.55. The van der Waals surface area contributed by atoms with Gasteiger partial charge in [0.25, 0.3) is 0 Å². The fourth-order valence-electron chi connectivity index (χ4n) is 1.29. The Kier molecular flexibility index (Phi) is 4.54. The first-order valence-electron chi connectivity index (χ1n) is 5.09. The summed E-state index contributed by atoms with van der Waals surface area (Å²) in [4.78, 5) is 4.25. The molecule has 0 fully saturated rings. The third-order valence-electron chi connectivity index (χ3n) is 2.30. The Hall–Kier alpha value is -0.610. The molecule has 0 saturated carbocycles. The van der Waals surface area contributed by atoms with Crippen LogP contribution in [0.5, 0.6) is 0 Å². The van der Waals surface area contributed by atoms with E-state index in [1.807, 2.05) is 12.1 Å². The molecule has 1 aromatic rings. The Morgan fingerprint density at radius 3 is 2.73 bits per heavy atom. The molecule has 84 valence electrons. The maximum Gasteiger partial charge on any atom is 0.125 e. The van der Waals surface area contributed by atoms with Crippen molar-refractivity contribution in [2.45, 2.75) is 20.3 Å². The average Bonchev–Trinajstić information content (AvgIpc) is 2.17. The minimum atomic E-state index is 0.212. The highest BCUT2D eigenvalue weighted by Crippen LogP contribution is 2.20. The summed E-state index contributed by atoms with van der Waals surface area (Å²) < 4.78 is 0.995. The van der Waals surface area contributed by atoms with Crippen molar-refractivity contribution in [2.75, 3.05) is 18.4 Å². The summed E-state index contributed by atoms with van der Waals surface area (Å²) in [5, 5.41) is 3.31. The van der Waals surface area contributed by atoms with Crippen LogP contribution in [-0.4, -0.2) is 18.1 Å². The zero-order valence-electron chi connectivity index (χ0n) is 9.26. The second-order valence-corrected chi connectivity index (χ2v) is 5.33. The molecule has 0 aromatic carbocycles. The van der Waals surface area contributed by atoms with Crippen LogP contribution < -0.4 is 11.1 Å². The quantitative estimate of drug-likeness (QED) is 0.866. The van der Waals surface area contributed by atoms with E-state index in [0.29, 0.717) is 0 Å². The van der Waals surface area contributed by atoms with Crippen LogP contribution >= 0.6 is 15.9 Å². The molecule has 3 N–H and O–H groups in total. The highest BCUT2D eigenvalue weighted by molar-refractivity contribution is 9.10. The zero-order chi connectivity index (χ0) is 11.3. The molecular formula is C11H18BrN3. The highest BCUT2D eigenvalue weighted by atomic mass is 79.9. The van der Waals surface area contributed by atoms with E-state index in [-0.39, 0.29) is 5.41 Å². The Labute approximate surface area is 99.6 Å². The average molecular weight is 272 g/mol. The number of rotatable bonds is 5. The fraction of sp³-hybridized carbons (Fsp3) is 0.545. The van der Waals surface area contributed by atoms with Crippen LogP contribution in [0.25, 0.3) is 0 Å². The summed E-state index contributed by atoms with van der Waals surface area (Å²) >= 11 is 3.35. The van der Waals surface area contributed by atoms with E-state index in [1.54, 1.807) is 6.20 Å². The number of hydrogen-bond acceptors (Lipinski definition) is 3. The largest absolute Gasteiger partial charge is 0.370 e. The van der Waals surface area contributed by atoms with E-state index in [9.17, 15) is 0 Å². The van der Waals surface area contributed by atoms with Gasteiger partial charge in [0, 0.05) is 17.2 Å². The van der Waals surface area contributed by atoms with E-state index in [0.717, 1.165) is 29.8 Å². The summed E-state index contributed by atoms with van der Waals surface area (Å²) in [6, 6.07) is 3.94. The van der Waals surface area contributed by atoms with Gasteiger partial charge in [-0.05, 0) is 46.4 Å². The molecule has 1 rings (SSSR count). The molecule has 1 aromatic heterocycles. The van der Waals surface area contributed by atoms with E-state index in [2.05, 4.69) is 40.1 Å². The third kappa shape index (κ3) is 4.62. The summed E-state index contributed by atoms with van der Waals surface area (Å²) in [6.45, 7) is 6.01. The van der Waals surface area contributed by atoms with Crippen molar-refractivity contribution in [3.05, 3.63) is 22.8 Å². The van der Waals surface area contributed by atoms with Crippen LogP contribution in [0.1, 0.15) is 20.3 Å². The van der Waals surface area contributed by atoms with E-state index < -0.39 is 0 Å². The molecule has 4 heteroatoms. The second kappa shape index (κ2) is 5.47. The van der Waals surface area contributed by atoms with Crippen molar-refractivity contribution in [3.63, 3.8) is 0 Å². The predicted octanol–water partition coefficient (Wildman–Crippen LogP) is 2.63. The molecule has 0 bridgehead atoms. The lowest BCUT2D eigenvalue weighted by molar-refractivity contribution is 0.365. The molecule has 0 unspecified atom stereocenters. The van der Waals surface area contributed by atoms with Crippen molar-refractivity contribution < 1.29 is 0 Å². The SMILES string of the molecule is CC(C)(CCN)CNc1ccc(Br)cn1. The first-order chi connectivity index (χ1) is 7.03. The summed E-state index contributed by atoms with van der Waals surface area (Å²) in [5.74, 6) is 0.906. The second-order valence-electron chi connectivity index (χ2n) is 4.42. The van der Waals surface area contributed by atoms with E-state index >= 15 is 0 Å². The zero-order valence-corrected chi connectivity index (χ0v) is 10.8. The monoisotopic (exact) mass is 271 g/mol. The fourth-order valence-corrected chi connectivity index (χ4v) is 1.52. The molecule has 0 radical (unpaired) electrons. The van der Waals surface area contributed by atoms with Crippen LogP contribution in [0, 0.1) is 5.41 Å². The van der Waals surface area contributed by atoms with Crippen molar-refractivity contribution >= 4 is 21.7 Å². The van der Waals surface area contributed by atoms with Crippen molar-refractivity contribution in [1.82, 2.24) is 4.98 Å². The normalized spacial score (nSPS) is 11.5. The van der Waals surface area contributed by atoms with Crippen LogP contribution in [0.15, 0.2) is 22.8 Å². The Balaban J connectivity index is 2.46. The number of hydrogen-bond donors (Lipinski definition) is 2. The minimum Gasteiger partial charge on any atom is -0.370 e. The number of nitrogens with two attached hydrogens (primary N) is 1. The van der Waals surface area contributed by atoms with Gasteiger partial charge < -0.3 is 11.1 Å². The lowest BCUT2D eigenvalue weighted by Crippen LogP contribution is -2.26. The van der Waals surface area contributed by atoms with Crippen LogP contribution in [0.3, 0.4) is 0 Å². The van der Waals surface area contributed by atoms with E-state index in [4.69, 9.17) is 5.73 Å². The van der Waals surface area contributed by atoms with Crippen LogP contribution in [-0.2, 0) is 0 Å². The Bertz CT molecular complexity index is 295. The Morgan fingerprint density at radius 1 is 1.47 bits per heavy atom. The molecule has 0 spiro atoms. The number of nitrogens with one attached hydrogen (secondary N) is 1. The predicted molar refractivity (Wildman–Crippen MR) is 67.9 cm³/mol. The molecular weight excluding hydrogens is 254 g/mol. The van der Waals surface area contributed by atoms with Gasteiger partial charge in [0.1, 0.15) is 5.82 Å². The number of nitrogens with zero attached hydrogens (tertiary/aromatic N) is 1. The van der Waals surface area contributed by atoms with Gasteiger partial charge in [0.15, 0.2) is 0 Å². The molecule has 1 heterocycles. The van der Waals surface area contributed by atoms with Gasteiger partial charge in [-0.15, -0.1) is 0 Å². The lowest BCUT2D eigenvalue weighted by Gasteiger charge is -2.24. The van der Waals surface area contributed by atoms with Crippen LogP contribution in [0.2, 0.25) is 0 Å². The molecule has 0 aliphatic rings. The standard InChI is InChI=1S/C11H18BrN3/c1-11(2,5-6-13)8-15-10-4-3-9(12)7-14-10/h3-4,7H,5-6,8,13H2,1-2H3,(H,14,15). The first-order valence-corrected chi connectivity index (χ1v) is 5.88. The summed E-state index contributed by atoms with van der Waals surface area (Å²) in [5.41, 5.74) is 5.77. The molecule has 0 amide bonds. The van der Waals surface area contributed by atoms with Gasteiger partial charge in [-0.1, -0.05) is 13.8 Å². The Morgan fingerprint density at radius 2 is 2.20 bits per heavy atom. The number of anilines is 1. The first kappa shape index (κ1) is 12.5. The van der Waals surface area contributed by atoms with Crippen molar-refractivity contribution in [2.24, 2.45) is 11.1 Å². The summed E-state index contributed by atoms with van der Waals surface area (Å²) in [6.07, 6.45) is 2.80. The van der Waals surface area contributed by atoms with Crippen molar-refractivity contribution in [3.8, 4) is 0 Å². The van der Waals surface area contributed by atoms with Gasteiger partial charge in [-0.3, -0.25) is 0 Å². The lowest BCUT2D eigenvalue weighted by atomic mass is 9.89. The molecule has 15 heavy (non-hydrogen) atoms. The molecule has 3 nitrogen and oxygen atoms in total. The van der Waals surface area contributed by atoms with Gasteiger partial charge in [-0.25, -0.2) is 4.98 Å². The maximum atomic E-state index is 5.55. The number of pyridine rings is 1. The molecule has 0 aliphatic carbocycles. The molecule has 0 aliphatic heterocycles. The summed E-state index contributed by atoms with van der Waals surface area (Å²) in [7, 11) is 0. The van der Waals surface area contributed by atoms with Crippen LogP contribution in [0.4, 0.5) is 5.82 Å². The van der Waals surface area contributed by atoms with Gasteiger partial charge in [0.05, 0.1) is 0 Å². The topological polar surface area (TPSA) is 50.9 Å². The van der Waals surface area contributed by atoms with Gasteiger partial charge >= 0.3 is 0 Å². The highest BCUT2D eigenvalue weighted by Gasteiger charge is 2.16.